The fraction of sp³-hybridized carbons (Fsp3) is 0. The lowest BCUT2D eigenvalue weighted by atomic mass is 9.83. The third-order valence-electron chi connectivity index (χ3n) is 10.3. The Morgan fingerprint density at radius 3 is 0.964 bits per heavy atom. The fourth-order valence-electron chi connectivity index (χ4n) is 7.61. The average Bonchev–Trinajstić information content (AvgIpc) is 3.28. The Kier molecular flexibility index (Phi) is 9.41. The summed E-state index contributed by atoms with van der Waals surface area (Å²) in [5.41, 5.74) is 17.6. The molecular formula is C54H39N. The van der Waals surface area contributed by atoms with Crippen LogP contribution in [0.1, 0.15) is 0 Å². The van der Waals surface area contributed by atoms with Crippen LogP contribution in [0.5, 0.6) is 0 Å². The van der Waals surface area contributed by atoms with Crippen molar-refractivity contribution < 1.29 is 0 Å². The highest BCUT2D eigenvalue weighted by atomic mass is 15.1. The lowest BCUT2D eigenvalue weighted by molar-refractivity contribution is 1.28. The summed E-state index contributed by atoms with van der Waals surface area (Å²) in [4.78, 5) is 2.31. The Labute approximate surface area is 324 Å². The van der Waals surface area contributed by atoms with Gasteiger partial charge in [-0.15, -0.1) is 0 Å². The predicted molar refractivity (Wildman–Crippen MR) is 234 cm³/mol. The van der Waals surface area contributed by atoms with E-state index < -0.39 is 0 Å². The van der Waals surface area contributed by atoms with Crippen LogP contribution in [0.25, 0.3) is 66.8 Å². The van der Waals surface area contributed by atoms with Crippen LogP contribution in [0, 0.1) is 0 Å². The number of anilines is 3. The summed E-state index contributed by atoms with van der Waals surface area (Å²) in [6.45, 7) is 0. The van der Waals surface area contributed by atoms with Gasteiger partial charge in [-0.25, -0.2) is 0 Å². The van der Waals surface area contributed by atoms with Gasteiger partial charge in [0.1, 0.15) is 0 Å². The molecule has 9 aromatic carbocycles. The first-order valence-electron chi connectivity index (χ1n) is 18.8. The van der Waals surface area contributed by atoms with Gasteiger partial charge in [0.25, 0.3) is 0 Å². The van der Waals surface area contributed by atoms with Crippen LogP contribution in [0.15, 0.2) is 237 Å². The van der Waals surface area contributed by atoms with Crippen molar-refractivity contribution in [3.05, 3.63) is 237 Å². The molecule has 0 bridgehead atoms. The van der Waals surface area contributed by atoms with Crippen LogP contribution < -0.4 is 4.90 Å². The maximum atomic E-state index is 2.43. The van der Waals surface area contributed by atoms with Gasteiger partial charge in [0.05, 0.1) is 0 Å². The highest BCUT2D eigenvalue weighted by molar-refractivity contribution is 5.99. The number of para-hydroxylation sites is 2. The maximum absolute atomic E-state index is 2.43. The molecule has 0 saturated carbocycles. The molecule has 1 heteroatoms. The largest absolute Gasteiger partial charge is 0.311 e. The van der Waals surface area contributed by atoms with Gasteiger partial charge in [0.15, 0.2) is 0 Å². The van der Waals surface area contributed by atoms with Crippen molar-refractivity contribution in [2.45, 2.75) is 0 Å². The van der Waals surface area contributed by atoms with Crippen molar-refractivity contribution in [1.29, 1.82) is 0 Å². The molecule has 0 amide bonds. The average molecular weight is 702 g/mol. The van der Waals surface area contributed by atoms with Gasteiger partial charge in [0, 0.05) is 17.1 Å². The molecule has 0 atom stereocenters. The second-order valence-electron chi connectivity index (χ2n) is 13.7. The Bertz CT molecular complexity index is 2600. The van der Waals surface area contributed by atoms with Crippen molar-refractivity contribution in [1.82, 2.24) is 0 Å². The van der Waals surface area contributed by atoms with Gasteiger partial charge in [-0.1, -0.05) is 182 Å². The molecule has 0 aromatic heterocycles. The maximum Gasteiger partial charge on any atom is 0.0462 e. The first kappa shape index (κ1) is 33.6. The van der Waals surface area contributed by atoms with Gasteiger partial charge >= 0.3 is 0 Å². The van der Waals surface area contributed by atoms with E-state index in [2.05, 4.69) is 241 Å². The van der Waals surface area contributed by atoms with Gasteiger partial charge in [-0.2, -0.15) is 0 Å². The third kappa shape index (κ3) is 7.00. The summed E-state index contributed by atoms with van der Waals surface area (Å²) in [5.74, 6) is 0. The second kappa shape index (κ2) is 15.4. The topological polar surface area (TPSA) is 3.24 Å². The molecule has 0 heterocycles. The second-order valence-corrected chi connectivity index (χ2v) is 13.7. The number of rotatable bonds is 9. The summed E-state index contributed by atoms with van der Waals surface area (Å²) in [5, 5.41) is 0. The van der Waals surface area contributed by atoms with Crippen LogP contribution in [0.2, 0.25) is 0 Å². The molecule has 0 spiro atoms. The standard InChI is InChI=1S/C54H39N/c1-7-19-40(20-8-1)45-33-36-49(41-21-9-2-10-22-41)53(37-45)54-39-51(42-23-11-3-12-24-42)50(38-52(54)43-25-13-4-14-26-43)44-31-34-48(35-32-44)55(46-27-15-5-16-28-46)47-29-17-6-18-30-47/h1-39H. The van der Waals surface area contributed by atoms with Gasteiger partial charge < -0.3 is 4.90 Å². The summed E-state index contributed by atoms with van der Waals surface area (Å²) in [6.07, 6.45) is 0. The van der Waals surface area contributed by atoms with Gasteiger partial charge in [-0.05, 0) is 121 Å². The number of benzene rings is 9. The normalized spacial score (nSPS) is 10.9. The number of nitrogens with zero attached hydrogens (tertiary/aromatic N) is 1. The molecule has 9 rings (SSSR count). The Hall–Kier alpha value is -7.22. The van der Waals surface area contributed by atoms with E-state index in [1.807, 2.05) is 0 Å². The SMILES string of the molecule is c1ccc(-c2ccc(-c3ccccc3)c(-c3cc(-c4ccccc4)c(-c4ccc(N(c5ccccc5)c5ccccc5)cc4)cc3-c3ccccc3)c2)cc1. The molecule has 9 aromatic rings. The highest BCUT2D eigenvalue weighted by Crippen LogP contribution is 2.46. The highest BCUT2D eigenvalue weighted by Gasteiger charge is 2.20. The molecule has 0 unspecified atom stereocenters. The van der Waals surface area contributed by atoms with Crippen molar-refractivity contribution in [3.8, 4) is 66.8 Å². The fourth-order valence-corrected chi connectivity index (χ4v) is 7.61. The molecule has 0 saturated heterocycles. The third-order valence-corrected chi connectivity index (χ3v) is 10.3. The van der Waals surface area contributed by atoms with Crippen molar-refractivity contribution >= 4 is 17.1 Å². The van der Waals surface area contributed by atoms with Crippen LogP contribution in [0.4, 0.5) is 17.1 Å². The lowest BCUT2D eigenvalue weighted by Gasteiger charge is -2.26. The molecule has 260 valence electrons. The minimum absolute atomic E-state index is 1.10. The zero-order chi connectivity index (χ0) is 36.8. The molecule has 0 radical (unpaired) electrons. The first-order valence-corrected chi connectivity index (χ1v) is 18.8. The van der Waals surface area contributed by atoms with Crippen LogP contribution in [0.3, 0.4) is 0 Å². The molecule has 55 heavy (non-hydrogen) atoms. The first-order chi connectivity index (χ1) is 27.3. The number of hydrogen-bond donors (Lipinski definition) is 0. The van der Waals surface area contributed by atoms with E-state index in [1.54, 1.807) is 0 Å². The molecule has 0 aliphatic rings. The minimum Gasteiger partial charge on any atom is -0.311 e. The predicted octanol–water partition coefficient (Wildman–Crippen LogP) is 15.2. The Morgan fingerprint density at radius 2 is 0.491 bits per heavy atom. The van der Waals surface area contributed by atoms with E-state index in [1.165, 1.54) is 61.2 Å². The summed E-state index contributed by atoms with van der Waals surface area (Å²) in [7, 11) is 0. The van der Waals surface area contributed by atoms with E-state index in [0.717, 1.165) is 22.6 Å². The quantitative estimate of drug-likeness (QED) is 0.145. The van der Waals surface area contributed by atoms with E-state index >= 15 is 0 Å². The van der Waals surface area contributed by atoms with Crippen molar-refractivity contribution in [2.24, 2.45) is 0 Å². The zero-order valence-electron chi connectivity index (χ0n) is 30.5. The summed E-state index contributed by atoms with van der Waals surface area (Å²) in [6, 6.07) is 85.1. The Balaban J connectivity index is 1.27. The molecule has 1 nitrogen and oxygen atoms in total. The smallest absolute Gasteiger partial charge is 0.0462 e. The molecule has 0 N–H and O–H groups in total. The van der Waals surface area contributed by atoms with Crippen LogP contribution in [-0.4, -0.2) is 0 Å². The molecule has 0 fully saturated rings. The van der Waals surface area contributed by atoms with E-state index in [-0.39, 0.29) is 0 Å². The summed E-state index contributed by atoms with van der Waals surface area (Å²) >= 11 is 0. The Morgan fingerprint density at radius 1 is 0.182 bits per heavy atom. The monoisotopic (exact) mass is 701 g/mol. The van der Waals surface area contributed by atoms with E-state index in [9.17, 15) is 0 Å². The van der Waals surface area contributed by atoms with Crippen molar-refractivity contribution in [3.63, 3.8) is 0 Å². The molecule has 0 aliphatic carbocycles. The minimum atomic E-state index is 1.10. The molecule has 0 aliphatic heterocycles. The lowest BCUT2D eigenvalue weighted by Crippen LogP contribution is -2.09. The zero-order valence-corrected chi connectivity index (χ0v) is 30.5. The molecular weight excluding hydrogens is 663 g/mol. The van der Waals surface area contributed by atoms with Crippen LogP contribution >= 0.6 is 0 Å². The van der Waals surface area contributed by atoms with Crippen LogP contribution in [-0.2, 0) is 0 Å². The van der Waals surface area contributed by atoms with Gasteiger partial charge in [0.2, 0.25) is 0 Å². The van der Waals surface area contributed by atoms with E-state index in [4.69, 9.17) is 0 Å². The summed E-state index contributed by atoms with van der Waals surface area (Å²) < 4.78 is 0. The van der Waals surface area contributed by atoms with Crippen molar-refractivity contribution in [2.75, 3.05) is 4.90 Å². The number of hydrogen-bond acceptors (Lipinski definition) is 1. The van der Waals surface area contributed by atoms with Gasteiger partial charge in [-0.3, -0.25) is 0 Å². The van der Waals surface area contributed by atoms with E-state index in [0.29, 0.717) is 0 Å².